The average Bonchev–Trinajstić information content (AvgIpc) is 3.16. The van der Waals surface area contributed by atoms with Gasteiger partial charge in [0, 0.05) is 17.9 Å². The van der Waals surface area contributed by atoms with E-state index in [-0.39, 0.29) is 23.0 Å². The van der Waals surface area contributed by atoms with Gasteiger partial charge >= 0.3 is 0 Å². The van der Waals surface area contributed by atoms with Crippen LogP contribution in [-0.2, 0) is 10.2 Å². The van der Waals surface area contributed by atoms with E-state index in [1.165, 1.54) is 23.9 Å². The Kier molecular flexibility index (Phi) is 7.10. The molecule has 0 saturated carbocycles. The van der Waals surface area contributed by atoms with Gasteiger partial charge in [0.1, 0.15) is 17.2 Å². The van der Waals surface area contributed by atoms with E-state index in [0.29, 0.717) is 29.3 Å². The number of carbonyl (C=O) groups is 2. The normalized spacial score (nSPS) is 19.0. The predicted octanol–water partition coefficient (Wildman–Crippen LogP) is 5.15. The first-order valence-corrected chi connectivity index (χ1v) is 11.7. The minimum Gasteiger partial charge on any atom is -0.354 e. The fraction of sp³-hybridized carbons (Fsp3) is 0.440. The summed E-state index contributed by atoms with van der Waals surface area (Å²) in [6.07, 6.45) is 0. The summed E-state index contributed by atoms with van der Waals surface area (Å²) in [7, 11) is 0. The molecule has 0 aromatic heterocycles. The molecule has 2 unspecified atom stereocenters. The first kappa shape index (κ1) is 23.3. The first-order chi connectivity index (χ1) is 14.6. The van der Waals surface area contributed by atoms with Crippen LogP contribution in [0.5, 0.6) is 0 Å². The molecular formula is C25H31FN2O2S. The highest BCUT2D eigenvalue weighted by Crippen LogP contribution is 2.42. The molecule has 0 spiro atoms. The predicted molar refractivity (Wildman–Crippen MR) is 125 cm³/mol. The smallest absolute Gasteiger partial charge is 0.255 e. The number of carbonyl (C=O) groups excluding carboxylic acids is 2. The third-order valence-corrected chi connectivity index (χ3v) is 6.68. The summed E-state index contributed by atoms with van der Waals surface area (Å²) in [4.78, 5) is 28.1. The van der Waals surface area contributed by atoms with Crippen molar-refractivity contribution in [1.82, 2.24) is 10.2 Å². The molecule has 1 N–H and O–H groups in total. The Morgan fingerprint density at radius 3 is 2.42 bits per heavy atom. The molecule has 2 amide bonds. The number of thioether (sulfide) groups is 1. The van der Waals surface area contributed by atoms with E-state index in [4.69, 9.17) is 0 Å². The van der Waals surface area contributed by atoms with Gasteiger partial charge in [0.05, 0.1) is 0 Å². The Bertz CT molecular complexity index is 937. The van der Waals surface area contributed by atoms with Gasteiger partial charge in [0.2, 0.25) is 5.91 Å². The van der Waals surface area contributed by atoms with Crippen molar-refractivity contribution in [2.75, 3.05) is 12.3 Å². The molecule has 0 aliphatic carbocycles. The van der Waals surface area contributed by atoms with Gasteiger partial charge in [-0.05, 0) is 46.7 Å². The van der Waals surface area contributed by atoms with Gasteiger partial charge in [-0.1, -0.05) is 58.9 Å². The van der Waals surface area contributed by atoms with Gasteiger partial charge in [-0.25, -0.2) is 4.39 Å². The van der Waals surface area contributed by atoms with Crippen LogP contribution in [0.2, 0.25) is 0 Å². The van der Waals surface area contributed by atoms with Gasteiger partial charge in [0.25, 0.3) is 5.91 Å². The summed E-state index contributed by atoms with van der Waals surface area (Å²) in [5.41, 5.74) is 2.32. The third kappa shape index (κ3) is 5.48. The van der Waals surface area contributed by atoms with Crippen LogP contribution in [0.4, 0.5) is 4.39 Å². The minimum absolute atomic E-state index is 0.0194. The summed E-state index contributed by atoms with van der Waals surface area (Å²) in [5.74, 6) is 0.0414. The SMILES string of the molecule is CC(C)CNC(=O)C1CSC(c2cccc(F)c2)N1C(=O)c1ccc(C(C)(C)C)cc1. The maximum atomic E-state index is 13.9. The van der Waals surface area contributed by atoms with Crippen molar-refractivity contribution in [2.24, 2.45) is 5.92 Å². The molecule has 0 radical (unpaired) electrons. The van der Waals surface area contributed by atoms with Gasteiger partial charge < -0.3 is 10.2 Å². The monoisotopic (exact) mass is 442 g/mol. The Labute approximate surface area is 188 Å². The highest BCUT2D eigenvalue weighted by atomic mass is 32.2. The molecule has 166 valence electrons. The highest BCUT2D eigenvalue weighted by molar-refractivity contribution is 7.99. The van der Waals surface area contributed by atoms with Gasteiger partial charge in [-0.3, -0.25) is 9.59 Å². The number of hydrogen-bond donors (Lipinski definition) is 1. The molecule has 1 heterocycles. The van der Waals surface area contributed by atoms with E-state index < -0.39 is 11.4 Å². The molecular weight excluding hydrogens is 411 g/mol. The summed E-state index contributed by atoms with van der Waals surface area (Å²) in [5, 5.41) is 2.54. The van der Waals surface area contributed by atoms with Gasteiger partial charge in [-0.2, -0.15) is 0 Å². The van der Waals surface area contributed by atoms with Crippen LogP contribution in [0.25, 0.3) is 0 Å². The van der Waals surface area contributed by atoms with E-state index >= 15 is 0 Å². The molecule has 2 aromatic rings. The first-order valence-electron chi connectivity index (χ1n) is 10.7. The molecule has 1 aliphatic rings. The lowest BCUT2D eigenvalue weighted by molar-refractivity contribution is -0.125. The lowest BCUT2D eigenvalue weighted by atomic mass is 9.86. The van der Waals surface area contributed by atoms with Crippen LogP contribution in [0.15, 0.2) is 48.5 Å². The molecule has 1 aliphatic heterocycles. The number of nitrogens with zero attached hydrogens (tertiary/aromatic N) is 1. The lowest BCUT2D eigenvalue weighted by Crippen LogP contribution is -2.48. The second-order valence-corrected chi connectivity index (χ2v) is 10.5. The zero-order valence-corrected chi connectivity index (χ0v) is 19.6. The number of amides is 2. The summed E-state index contributed by atoms with van der Waals surface area (Å²) in [6, 6.07) is 13.2. The Balaban J connectivity index is 1.93. The van der Waals surface area contributed by atoms with Crippen molar-refractivity contribution >= 4 is 23.6 Å². The second kappa shape index (κ2) is 9.43. The Morgan fingerprint density at radius 1 is 1.16 bits per heavy atom. The van der Waals surface area contributed by atoms with Crippen LogP contribution in [-0.4, -0.2) is 35.1 Å². The standard InChI is InChI=1S/C25H31FN2O2S/c1-16(2)14-27-22(29)21-15-31-24(18-7-6-8-20(26)13-18)28(21)23(30)17-9-11-19(12-10-17)25(3,4)5/h6-13,16,21,24H,14-15H2,1-5H3,(H,27,29). The zero-order valence-electron chi connectivity index (χ0n) is 18.8. The summed E-state index contributed by atoms with van der Waals surface area (Å²) >= 11 is 1.49. The zero-order chi connectivity index (χ0) is 22.8. The summed E-state index contributed by atoms with van der Waals surface area (Å²) < 4.78 is 13.9. The maximum Gasteiger partial charge on any atom is 0.255 e. The molecule has 0 bridgehead atoms. The van der Waals surface area contributed by atoms with Crippen LogP contribution < -0.4 is 5.32 Å². The number of rotatable bonds is 5. The van der Waals surface area contributed by atoms with E-state index in [0.717, 1.165) is 5.56 Å². The minimum atomic E-state index is -0.605. The van der Waals surface area contributed by atoms with E-state index in [1.54, 1.807) is 17.0 Å². The molecule has 6 heteroatoms. The van der Waals surface area contributed by atoms with E-state index in [1.807, 2.05) is 38.1 Å². The van der Waals surface area contributed by atoms with Crippen molar-refractivity contribution in [3.63, 3.8) is 0 Å². The Hall–Kier alpha value is -2.34. The van der Waals surface area contributed by atoms with Crippen LogP contribution in [0.1, 0.15) is 61.5 Å². The molecule has 1 fully saturated rings. The van der Waals surface area contributed by atoms with Crippen molar-refractivity contribution in [3.05, 3.63) is 71.0 Å². The topological polar surface area (TPSA) is 49.4 Å². The van der Waals surface area contributed by atoms with Crippen molar-refractivity contribution in [2.45, 2.75) is 51.4 Å². The van der Waals surface area contributed by atoms with Crippen molar-refractivity contribution in [1.29, 1.82) is 0 Å². The number of benzene rings is 2. The van der Waals surface area contributed by atoms with Crippen molar-refractivity contribution < 1.29 is 14.0 Å². The number of hydrogen-bond acceptors (Lipinski definition) is 3. The molecule has 3 rings (SSSR count). The molecule has 4 nitrogen and oxygen atoms in total. The molecule has 2 aromatic carbocycles. The van der Waals surface area contributed by atoms with Crippen LogP contribution >= 0.6 is 11.8 Å². The number of nitrogens with one attached hydrogen (secondary N) is 1. The fourth-order valence-corrected chi connectivity index (χ4v) is 4.98. The van der Waals surface area contributed by atoms with Crippen LogP contribution in [0, 0.1) is 11.7 Å². The molecule has 1 saturated heterocycles. The largest absolute Gasteiger partial charge is 0.354 e. The lowest BCUT2D eigenvalue weighted by Gasteiger charge is -2.29. The fourth-order valence-electron chi connectivity index (χ4n) is 3.56. The quantitative estimate of drug-likeness (QED) is 0.697. The maximum absolute atomic E-state index is 13.9. The third-order valence-electron chi connectivity index (χ3n) is 5.35. The van der Waals surface area contributed by atoms with E-state index in [9.17, 15) is 14.0 Å². The molecule has 31 heavy (non-hydrogen) atoms. The Morgan fingerprint density at radius 2 is 1.84 bits per heavy atom. The number of halogens is 1. The van der Waals surface area contributed by atoms with Crippen LogP contribution in [0.3, 0.4) is 0 Å². The molecule has 2 atom stereocenters. The highest BCUT2D eigenvalue weighted by Gasteiger charge is 2.42. The van der Waals surface area contributed by atoms with Crippen molar-refractivity contribution in [3.8, 4) is 0 Å². The van der Waals surface area contributed by atoms with Gasteiger partial charge in [0.15, 0.2) is 0 Å². The average molecular weight is 443 g/mol. The van der Waals surface area contributed by atoms with E-state index in [2.05, 4.69) is 26.1 Å². The second-order valence-electron chi connectivity index (χ2n) is 9.44. The summed E-state index contributed by atoms with van der Waals surface area (Å²) in [6.45, 7) is 11.0. The van der Waals surface area contributed by atoms with Gasteiger partial charge in [-0.15, -0.1) is 11.8 Å².